The third-order valence-corrected chi connectivity index (χ3v) is 4.42. The van der Waals surface area contributed by atoms with Crippen LogP contribution in [0.4, 0.5) is 0 Å². The molecule has 2 nitrogen and oxygen atoms in total. The zero-order chi connectivity index (χ0) is 13.0. The maximum Gasteiger partial charge on any atom is 0.0210 e. The lowest BCUT2D eigenvalue weighted by Gasteiger charge is -2.37. The molecular formula is C15H23BrN2. The number of nitrogens with one attached hydrogen (secondary N) is 1. The van der Waals surface area contributed by atoms with Crippen LogP contribution in [0.25, 0.3) is 0 Å². The number of hydrogen-bond acceptors (Lipinski definition) is 2. The maximum absolute atomic E-state index is 3.65. The third-order valence-electron chi connectivity index (χ3n) is 3.70. The van der Waals surface area contributed by atoms with E-state index in [2.05, 4.69) is 64.5 Å². The molecule has 0 aromatic heterocycles. The molecule has 1 aromatic carbocycles. The Kier molecular flexibility index (Phi) is 5.22. The van der Waals surface area contributed by atoms with Gasteiger partial charge in [-0.25, -0.2) is 0 Å². The zero-order valence-electron chi connectivity index (χ0n) is 11.3. The first-order valence-electron chi connectivity index (χ1n) is 6.79. The van der Waals surface area contributed by atoms with E-state index < -0.39 is 0 Å². The second kappa shape index (κ2) is 6.69. The molecule has 0 amide bonds. The van der Waals surface area contributed by atoms with Gasteiger partial charge in [0, 0.05) is 10.5 Å². The highest BCUT2D eigenvalue weighted by atomic mass is 79.9. The Morgan fingerprint density at radius 2 is 2.00 bits per heavy atom. The van der Waals surface area contributed by atoms with Crippen LogP contribution in [0, 0.1) is 0 Å². The van der Waals surface area contributed by atoms with Crippen molar-refractivity contribution in [2.24, 2.45) is 0 Å². The van der Waals surface area contributed by atoms with Crippen LogP contribution in [0.15, 0.2) is 28.7 Å². The summed E-state index contributed by atoms with van der Waals surface area (Å²) in [7, 11) is 4.26. The largest absolute Gasteiger partial charge is 0.314 e. The summed E-state index contributed by atoms with van der Waals surface area (Å²) in [5.74, 6) is 0.743. The van der Waals surface area contributed by atoms with Crippen LogP contribution < -0.4 is 5.32 Å². The highest BCUT2D eigenvalue weighted by Gasteiger charge is 2.30. The number of benzene rings is 1. The second-order valence-corrected chi connectivity index (χ2v) is 6.35. The van der Waals surface area contributed by atoms with Crippen LogP contribution in [-0.2, 0) is 0 Å². The lowest BCUT2D eigenvalue weighted by Crippen LogP contribution is -2.41. The van der Waals surface area contributed by atoms with Crippen LogP contribution in [0.1, 0.15) is 30.7 Å². The minimum absolute atomic E-state index is 0.726. The molecule has 0 unspecified atom stereocenters. The first-order chi connectivity index (χ1) is 8.66. The van der Waals surface area contributed by atoms with E-state index in [4.69, 9.17) is 0 Å². The van der Waals surface area contributed by atoms with E-state index in [1.165, 1.54) is 35.8 Å². The van der Waals surface area contributed by atoms with Gasteiger partial charge in [0.1, 0.15) is 0 Å². The summed E-state index contributed by atoms with van der Waals surface area (Å²) in [4.78, 5) is 2.24. The normalized spacial score (nSPS) is 23.1. The van der Waals surface area contributed by atoms with Gasteiger partial charge in [0.2, 0.25) is 0 Å². The van der Waals surface area contributed by atoms with E-state index in [0.29, 0.717) is 0 Å². The summed E-state index contributed by atoms with van der Waals surface area (Å²) in [5.41, 5.74) is 1.48. The predicted octanol–water partition coefficient (Wildman–Crippen LogP) is 3.24. The summed E-state index contributed by atoms with van der Waals surface area (Å²) in [6, 6.07) is 9.34. The van der Waals surface area contributed by atoms with Gasteiger partial charge >= 0.3 is 0 Å². The van der Waals surface area contributed by atoms with Gasteiger partial charge in [-0.05, 0) is 64.0 Å². The Hall–Kier alpha value is -0.380. The summed E-state index contributed by atoms with van der Waals surface area (Å²) in [5, 5.41) is 3.65. The molecule has 0 atom stereocenters. The highest BCUT2D eigenvalue weighted by Crippen LogP contribution is 2.39. The Labute approximate surface area is 119 Å². The van der Waals surface area contributed by atoms with Gasteiger partial charge in [0.25, 0.3) is 0 Å². The van der Waals surface area contributed by atoms with E-state index in [0.717, 1.165) is 18.5 Å². The van der Waals surface area contributed by atoms with Gasteiger partial charge in [-0.15, -0.1) is 0 Å². The summed E-state index contributed by atoms with van der Waals surface area (Å²) in [6.45, 7) is 2.32. The first-order valence-corrected chi connectivity index (χ1v) is 7.58. The average Bonchev–Trinajstić information content (AvgIpc) is 2.28. The van der Waals surface area contributed by atoms with E-state index >= 15 is 0 Å². The van der Waals surface area contributed by atoms with Crippen molar-refractivity contribution < 1.29 is 0 Å². The standard InChI is InChI=1S/C15H23BrN2/c1-18(2)9-5-8-17-13-10-12(11-13)14-6-3-4-7-15(14)16/h3-4,6-7,12-13,17H,5,8-11H2,1-2H3. The Bertz CT molecular complexity index is 373. The van der Waals surface area contributed by atoms with Gasteiger partial charge in [0.05, 0.1) is 0 Å². The van der Waals surface area contributed by atoms with Crippen molar-refractivity contribution in [3.05, 3.63) is 34.3 Å². The molecule has 0 radical (unpaired) electrons. The average molecular weight is 311 g/mol. The summed E-state index contributed by atoms with van der Waals surface area (Å²) >= 11 is 3.65. The van der Waals surface area contributed by atoms with Crippen molar-refractivity contribution in [3.63, 3.8) is 0 Å². The lowest BCUT2D eigenvalue weighted by atomic mass is 9.76. The van der Waals surface area contributed by atoms with Crippen molar-refractivity contribution in [2.45, 2.75) is 31.2 Å². The third kappa shape index (κ3) is 3.81. The molecule has 3 heteroatoms. The Morgan fingerprint density at radius 3 is 2.67 bits per heavy atom. The molecule has 0 bridgehead atoms. The first kappa shape index (κ1) is 14.0. The van der Waals surface area contributed by atoms with Crippen LogP contribution in [0.3, 0.4) is 0 Å². The SMILES string of the molecule is CN(C)CCCNC1CC(c2ccccc2Br)C1. The molecule has 1 fully saturated rings. The fourth-order valence-corrected chi connectivity index (χ4v) is 3.15. The smallest absolute Gasteiger partial charge is 0.0210 e. The minimum Gasteiger partial charge on any atom is -0.314 e. The molecule has 1 aliphatic carbocycles. The van der Waals surface area contributed by atoms with E-state index in [-0.39, 0.29) is 0 Å². The van der Waals surface area contributed by atoms with Gasteiger partial charge < -0.3 is 10.2 Å². The number of hydrogen-bond donors (Lipinski definition) is 1. The molecular weight excluding hydrogens is 288 g/mol. The second-order valence-electron chi connectivity index (χ2n) is 5.50. The van der Waals surface area contributed by atoms with Crippen LogP contribution in [0.5, 0.6) is 0 Å². The highest BCUT2D eigenvalue weighted by molar-refractivity contribution is 9.10. The summed E-state index contributed by atoms with van der Waals surface area (Å²) in [6.07, 6.45) is 3.80. The van der Waals surface area contributed by atoms with Crippen molar-refractivity contribution >= 4 is 15.9 Å². The van der Waals surface area contributed by atoms with Gasteiger partial charge in [-0.1, -0.05) is 34.1 Å². The van der Waals surface area contributed by atoms with E-state index in [9.17, 15) is 0 Å². The summed E-state index contributed by atoms with van der Waals surface area (Å²) < 4.78 is 1.26. The molecule has 2 rings (SSSR count). The van der Waals surface area contributed by atoms with Gasteiger partial charge in [0.15, 0.2) is 0 Å². The Balaban J connectivity index is 1.67. The molecule has 1 N–H and O–H groups in total. The van der Waals surface area contributed by atoms with E-state index in [1.807, 2.05) is 0 Å². The van der Waals surface area contributed by atoms with E-state index in [1.54, 1.807) is 0 Å². The lowest BCUT2D eigenvalue weighted by molar-refractivity contribution is 0.283. The predicted molar refractivity (Wildman–Crippen MR) is 81.1 cm³/mol. The Morgan fingerprint density at radius 1 is 1.28 bits per heavy atom. The topological polar surface area (TPSA) is 15.3 Å². The molecule has 0 heterocycles. The number of rotatable bonds is 6. The van der Waals surface area contributed by atoms with Crippen LogP contribution in [0.2, 0.25) is 0 Å². The quantitative estimate of drug-likeness (QED) is 0.812. The fraction of sp³-hybridized carbons (Fsp3) is 0.600. The zero-order valence-corrected chi connectivity index (χ0v) is 12.9. The molecule has 0 aliphatic heterocycles. The van der Waals surface area contributed by atoms with Crippen molar-refractivity contribution in [1.29, 1.82) is 0 Å². The molecule has 1 saturated carbocycles. The number of nitrogens with zero attached hydrogens (tertiary/aromatic N) is 1. The fourth-order valence-electron chi connectivity index (χ4n) is 2.55. The minimum atomic E-state index is 0.726. The van der Waals surface area contributed by atoms with Crippen LogP contribution in [-0.4, -0.2) is 38.1 Å². The monoisotopic (exact) mass is 310 g/mol. The van der Waals surface area contributed by atoms with Crippen molar-refractivity contribution in [1.82, 2.24) is 10.2 Å². The molecule has 18 heavy (non-hydrogen) atoms. The van der Waals surface area contributed by atoms with Gasteiger partial charge in [-0.3, -0.25) is 0 Å². The molecule has 1 aromatic rings. The van der Waals surface area contributed by atoms with Crippen LogP contribution >= 0.6 is 15.9 Å². The van der Waals surface area contributed by atoms with Crippen molar-refractivity contribution in [3.8, 4) is 0 Å². The molecule has 0 spiro atoms. The number of halogens is 1. The molecule has 1 aliphatic rings. The molecule has 100 valence electrons. The van der Waals surface area contributed by atoms with Gasteiger partial charge in [-0.2, -0.15) is 0 Å². The molecule has 0 saturated heterocycles. The van der Waals surface area contributed by atoms with Crippen molar-refractivity contribution in [2.75, 3.05) is 27.2 Å². The maximum atomic E-state index is 3.65.